The molecule has 3 atom stereocenters. The highest BCUT2D eigenvalue weighted by molar-refractivity contribution is 5.32. The minimum Gasteiger partial charge on any atom is -0.396 e. The van der Waals surface area contributed by atoms with Gasteiger partial charge in [0.05, 0.1) is 6.10 Å². The van der Waals surface area contributed by atoms with Crippen LogP contribution in [-0.4, -0.2) is 22.9 Å². The Bertz CT molecular complexity index is 448. The highest BCUT2D eigenvalue weighted by Gasteiger charge is 2.42. The molecular weight excluding hydrogens is 236 g/mol. The van der Waals surface area contributed by atoms with E-state index in [9.17, 15) is 10.2 Å². The fraction of sp³-hybridized carbons (Fsp3) is 0.412. The quantitative estimate of drug-likeness (QED) is 0.852. The van der Waals surface area contributed by atoms with Crippen molar-refractivity contribution in [2.75, 3.05) is 6.61 Å². The van der Waals surface area contributed by atoms with Gasteiger partial charge >= 0.3 is 0 Å². The summed E-state index contributed by atoms with van der Waals surface area (Å²) in [6, 6.07) is 10.1. The number of allylic oxidation sites excluding steroid dienone is 4. The van der Waals surface area contributed by atoms with Gasteiger partial charge in [-0.1, -0.05) is 54.6 Å². The van der Waals surface area contributed by atoms with Crippen molar-refractivity contribution >= 4 is 0 Å². The molecule has 19 heavy (non-hydrogen) atoms. The van der Waals surface area contributed by atoms with Crippen LogP contribution in [0.2, 0.25) is 0 Å². The number of rotatable bonds is 5. The summed E-state index contributed by atoms with van der Waals surface area (Å²) in [6.45, 7) is 1.91. The molecule has 0 spiro atoms. The van der Waals surface area contributed by atoms with E-state index in [2.05, 4.69) is 24.3 Å². The molecule has 102 valence electrons. The molecule has 2 nitrogen and oxygen atoms in total. The molecule has 0 amide bonds. The van der Waals surface area contributed by atoms with Crippen molar-refractivity contribution in [3.8, 4) is 0 Å². The molecule has 0 aliphatic heterocycles. The molecule has 2 rings (SSSR count). The zero-order chi connectivity index (χ0) is 13.7. The summed E-state index contributed by atoms with van der Waals surface area (Å²) in [5.41, 5.74) is 0.682. The normalized spacial score (nSPS) is 23.0. The highest BCUT2D eigenvalue weighted by atomic mass is 16.3. The zero-order valence-electron chi connectivity index (χ0n) is 11.4. The van der Waals surface area contributed by atoms with E-state index in [4.69, 9.17) is 0 Å². The van der Waals surface area contributed by atoms with Crippen LogP contribution < -0.4 is 0 Å². The lowest BCUT2D eigenvalue weighted by atomic mass is 9.63. The second-order valence-electron chi connectivity index (χ2n) is 5.21. The van der Waals surface area contributed by atoms with Crippen LogP contribution in [0.4, 0.5) is 0 Å². The Morgan fingerprint density at radius 1 is 1.26 bits per heavy atom. The number of aliphatic hydroxyl groups is 2. The van der Waals surface area contributed by atoms with E-state index in [1.807, 2.05) is 37.3 Å². The summed E-state index contributed by atoms with van der Waals surface area (Å²) >= 11 is 0. The van der Waals surface area contributed by atoms with Crippen LogP contribution >= 0.6 is 0 Å². The molecule has 1 aliphatic carbocycles. The second kappa shape index (κ2) is 6.18. The Labute approximate surface area is 115 Å². The lowest BCUT2D eigenvalue weighted by Gasteiger charge is -2.43. The number of benzene rings is 1. The van der Waals surface area contributed by atoms with Gasteiger partial charge in [0.2, 0.25) is 0 Å². The number of hydrogen-bond donors (Lipinski definition) is 2. The van der Waals surface area contributed by atoms with Gasteiger partial charge in [-0.05, 0) is 31.2 Å². The molecule has 0 radical (unpaired) electrons. The van der Waals surface area contributed by atoms with Crippen LogP contribution in [-0.2, 0) is 5.41 Å². The fourth-order valence-corrected chi connectivity index (χ4v) is 3.20. The van der Waals surface area contributed by atoms with E-state index in [-0.39, 0.29) is 12.5 Å². The van der Waals surface area contributed by atoms with Gasteiger partial charge in [-0.2, -0.15) is 0 Å². The maximum Gasteiger partial charge on any atom is 0.0615 e. The Kier molecular flexibility index (Phi) is 4.56. The van der Waals surface area contributed by atoms with Crippen LogP contribution in [0.25, 0.3) is 0 Å². The van der Waals surface area contributed by atoms with Crippen LogP contribution in [0, 0.1) is 5.92 Å². The fourth-order valence-electron chi connectivity index (χ4n) is 3.20. The molecule has 2 N–H and O–H groups in total. The van der Waals surface area contributed by atoms with E-state index in [0.29, 0.717) is 6.42 Å². The molecule has 2 heteroatoms. The predicted octanol–water partition coefficient (Wildman–Crippen LogP) is 2.82. The van der Waals surface area contributed by atoms with Gasteiger partial charge in [0, 0.05) is 12.0 Å². The van der Waals surface area contributed by atoms with E-state index in [1.54, 1.807) is 0 Å². The monoisotopic (exact) mass is 258 g/mol. The molecule has 0 aromatic heterocycles. The Morgan fingerprint density at radius 3 is 2.53 bits per heavy atom. The van der Waals surface area contributed by atoms with Gasteiger partial charge in [0.1, 0.15) is 0 Å². The molecular formula is C17H22O2. The van der Waals surface area contributed by atoms with Crippen molar-refractivity contribution in [1.29, 1.82) is 0 Å². The maximum atomic E-state index is 10.4. The van der Waals surface area contributed by atoms with Gasteiger partial charge in [-0.15, -0.1) is 0 Å². The molecule has 0 saturated carbocycles. The van der Waals surface area contributed by atoms with Crippen molar-refractivity contribution in [2.45, 2.75) is 31.3 Å². The molecule has 0 bridgehead atoms. The standard InChI is InChI=1S/C17H22O2/c1-14(19)17(12-13-18,15-8-4-2-5-9-15)16-10-6-3-7-11-16/h2-10,14,16,18-19H,11-13H2,1H3. The van der Waals surface area contributed by atoms with Crippen molar-refractivity contribution in [1.82, 2.24) is 0 Å². The van der Waals surface area contributed by atoms with E-state index < -0.39 is 11.5 Å². The largest absolute Gasteiger partial charge is 0.396 e. The van der Waals surface area contributed by atoms with Crippen molar-refractivity contribution in [2.24, 2.45) is 5.92 Å². The molecule has 3 unspecified atom stereocenters. The first-order valence-electron chi connectivity index (χ1n) is 6.89. The lowest BCUT2D eigenvalue weighted by Crippen LogP contribution is -2.45. The summed E-state index contributed by atoms with van der Waals surface area (Å²) < 4.78 is 0. The summed E-state index contributed by atoms with van der Waals surface area (Å²) in [4.78, 5) is 0. The summed E-state index contributed by atoms with van der Waals surface area (Å²) in [5.74, 6) is 0.215. The van der Waals surface area contributed by atoms with Crippen LogP contribution in [0.3, 0.4) is 0 Å². The molecule has 1 aliphatic rings. The van der Waals surface area contributed by atoms with Crippen LogP contribution in [0.5, 0.6) is 0 Å². The Hall–Kier alpha value is -1.38. The first kappa shape index (κ1) is 14.0. The van der Waals surface area contributed by atoms with Gasteiger partial charge in [0.15, 0.2) is 0 Å². The lowest BCUT2D eigenvalue weighted by molar-refractivity contribution is 0.0476. The minimum atomic E-state index is -0.511. The minimum absolute atomic E-state index is 0.0772. The van der Waals surface area contributed by atoms with Gasteiger partial charge in [0.25, 0.3) is 0 Å². The predicted molar refractivity (Wildman–Crippen MR) is 77.9 cm³/mol. The van der Waals surface area contributed by atoms with Crippen LogP contribution in [0.15, 0.2) is 54.6 Å². The van der Waals surface area contributed by atoms with Gasteiger partial charge in [-0.25, -0.2) is 0 Å². The third kappa shape index (κ3) is 2.65. The van der Waals surface area contributed by atoms with Gasteiger partial charge < -0.3 is 10.2 Å². The Morgan fingerprint density at radius 2 is 2.00 bits per heavy atom. The second-order valence-corrected chi connectivity index (χ2v) is 5.21. The van der Waals surface area contributed by atoms with E-state index in [0.717, 1.165) is 12.0 Å². The van der Waals surface area contributed by atoms with Crippen molar-refractivity contribution in [3.63, 3.8) is 0 Å². The number of aliphatic hydroxyl groups excluding tert-OH is 2. The summed E-state index contributed by atoms with van der Waals surface area (Å²) in [5, 5.41) is 19.9. The molecule has 1 aromatic rings. The average Bonchev–Trinajstić information content (AvgIpc) is 2.46. The smallest absolute Gasteiger partial charge is 0.0615 e. The number of hydrogen-bond acceptors (Lipinski definition) is 2. The molecule has 0 fully saturated rings. The molecule has 1 aromatic carbocycles. The zero-order valence-corrected chi connectivity index (χ0v) is 11.4. The average molecular weight is 258 g/mol. The third-order valence-electron chi connectivity index (χ3n) is 4.22. The Balaban J connectivity index is 2.47. The van der Waals surface area contributed by atoms with Crippen LogP contribution in [0.1, 0.15) is 25.3 Å². The SMILES string of the molecule is CC(O)C(CCO)(c1ccccc1)C1C=CC=CC1. The van der Waals surface area contributed by atoms with E-state index in [1.165, 1.54) is 0 Å². The molecule has 0 heterocycles. The maximum absolute atomic E-state index is 10.4. The summed E-state index contributed by atoms with van der Waals surface area (Å²) in [7, 11) is 0. The first-order chi connectivity index (χ1) is 9.21. The topological polar surface area (TPSA) is 40.5 Å². The van der Waals surface area contributed by atoms with Crippen molar-refractivity contribution in [3.05, 3.63) is 60.2 Å². The molecule has 0 saturated heterocycles. The first-order valence-corrected chi connectivity index (χ1v) is 6.89. The highest BCUT2D eigenvalue weighted by Crippen LogP contribution is 2.42. The van der Waals surface area contributed by atoms with Gasteiger partial charge in [-0.3, -0.25) is 0 Å². The van der Waals surface area contributed by atoms with E-state index >= 15 is 0 Å². The summed E-state index contributed by atoms with van der Waals surface area (Å²) in [6.07, 6.45) is 9.30. The third-order valence-corrected chi connectivity index (χ3v) is 4.22. The van der Waals surface area contributed by atoms with Crippen molar-refractivity contribution < 1.29 is 10.2 Å².